The SMILES string of the molecule is N#Cc1ccc(N2CCC(Nc3cc(Cc4cnccn4)ncc3C(N)=O)CC2)nn1. The number of nitrogens with two attached hydrogens (primary N) is 1. The number of nitriles is 1. The Morgan fingerprint density at radius 2 is 2.00 bits per heavy atom. The van der Waals surface area contributed by atoms with Gasteiger partial charge in [0.05, 0.1) is 16.9 Å². The standard InChI is InChI=1S/C21H21N9O/c22-11-15-1-2-20(29-28-15)30-7-3-14(4-8-30)27-19-10-16(26-13-18(19)21(23)31)9-17-12-24-5-6-25-17/h1-2,5-6,10,12-14H,3-4,7-9H2,(H2,23,31)(H,26,27). The number of carbonyl (C=O) groups is 1. The van der Waals surface area contributed by atoms with Gasteiger partial charge in [-0.05, 0) is 31.0 Å². The van der Waals surface area contributed by atoms with Gasteiger partial charge in [-0.3, -0.25) is 19.7 Å². The summed E-state index contributed by atoms with van der Waals surface area (Å²) in [5, 5.41) is 20.3. The number of anilines is 2. The third-order valence-electron chi connectivity index (χ3n) is 5.15. The predicted molar refractivity (Wildman–Crippen MR) is 113 cm³/mol. The number of hydrogen-bond acceptors (Lipinski definition) is 9. The Kier molecular flexibility index (Phi) is 5.93. The molecule has 3 aromatic heterocycles. The fourth-order valence-electron chi connectivity index (χ4n) is 3.54. The fourth-order valence-corrected chi connectivity index (χ4v) is 3.54. The molecule has 0 aliphatic carbocycles. The van der Waals surface area contributed by atoms with Gasteiger partial charge in [0.15, 0.2) is 11.5 Å². The molecule has 3 aromatic rings. The molecule has 4 heterocycles. The number of aromatic nitrogens is 5. The summed E-state index contributed by atoms with van der Waals surface area (Å²) in [7, 11) is 0. The lowest BCUT2D eigenvalue weighted by Crippen LogP contribution is -2.40. The number of nitrogens with one attached hydrogen (secondary N) is 1. The lowest BCUT2D eigenvalue weighted by Gasteiger charge is -2.33. The molecule has 0 unspecified atom stereocenters. The van der Waals surface area contributed by atoms with E-state index in [2.05, 4.69) is 35.4 Å². The number of nitrogens with zero attached hydrogens (tertiary/aromatic N) is 7. The Morgan fingerprint density at radius 3 is 2.65 bits per heavy atom. The minimum absolute atomic E-state index is 0.174. The number of amides is 1. The molecule has 156 valence electrons. The predicted octanol–water partition coefficient (Wildman–Crippen LogP) is 1.30. The second-order valence-electron chi connectivity index (χ2n) is 7.25. The summed E-state index contributed by atoms with van der Waals surface area (Å²) < 4.78 is 0. The van der Waals surface area contributed by atoms with Gasteiger partial charge in [0, 0.05) is 56.0 Å². The topological polar surface area (TPSA) is 147 Å². The third kappa shape index (κ3) is 4.90. The minimum Gasteiger partial charge on any atom is -0.381 e. The summed E-state index contributed by atoms with van der Waals surface area (Å²) >= 11 is 0. The molecule has 31 heavy (non-hydrogen) atoms. The van der Waals surface area contributed by atoms with Crippen LogP contribution >= 0.6 is 0 Å². The van der Waals surface area contributed by atoms with Crippen molar-refractivity contribution in [2.75, 3.05) is 23.3 Å². The molecule has 10 nitrogen and oxygen atoms in total. The van der Waals surface area contributed by atoms with Gasteiger partial charge in [-0.25, -0.2) is 0 Å². The lowest BCUT2D eigenvalue weighted by atomic mass is 10.0. The summed E-state index contributed by atoms with van der Waals surface area (Å²) in [5.74, 6) is 0.233. The van der Waals surface area contributed by atoms with Crippen LogP contribution in [0.2, 0.25) is 0 Å². The van der Waals surface area contributed by atoms with E-state index in [1.165, 1.54) is 6.20 Å². The molecule has 1 aliphatic heterocycles. The molecule has 10 heteroatoms. The monoisotopic (exact) mass is 415 g/mol. The summed E-state index contributed by atoms with van der Waals surface area (Å²) in [5.41, 5.74) is 8.47. The van der Waals surface area contributed by atoms with Gasteiger partial charge in [-0.2, -0.15) is 5.26 Å². The largest absolute Gasteiger partial charge is 0.381 e. The summed E-state index contributed by atoms with van der Waals surface area (Å²) in [6.45, 7) is 1.56. The van der Waals surface area contributed by atoms with Gasteiger partial charge in [-0.1, -0.05) is 0 Å². The highest BCUT2D eigenvalue weighted by Gasteiger charge is 2.22. The Balaban J connectivity index is 1.43. The molecule has 1 fully saturated rings. The van der Waals surface area contributed by atoms with Gasteiger partial charge in [0.1, 0.15) is 6.07 Å². The van der Waals surface area contributed by atoms with Crippen LogP contribution in [0.4, 0.5) is 11.5 Å². The quantitative estimate of drug-likeness (QED) is 0.608. The van der Waals surface area contributed by atoms with Crippen molar-refractivity contribution in [2.45, 2.75) is 25.3 Å². The molecule has 0 radical (unpaired) electrons. The maximum Gasteiger partial charge on any atom is 0.252 e. The van der Waals surface area contributed by atoms with Gasteiger partial charge >= 0.3 is 0 Å². The first kappa shape index (κ1) is 20.2. The van der Waals surface area contributed by atoms with Crippen LogP contribution in [0.15, 0.2) is 43.0 Å². The van der Waals surface area contributed by atoms with E-state index in [-0.39, 0.29) is 6.04 Å². The molecule has 0 aromatic carbocycles. The number of carbonyl (C=O) groups excluding carboxylic acids is 1. The van der Waals surface area contributed by atoms with Crippen LogP contribution in [0, 0.1) is 11.3 Å². The molecule has 0 spiro atoms. The molecule has 3 N–H and O–H groups in total. The van der Waals surface area contributed by atoms with Crippen LogP contribution in [0.5, 0.6) is 0 Å². The Morgan fingerprint density at radius 1 is 1.16 bits per heavy atom. The highest BCUT2D eigenvalue weighted by molar-refractivity contribution is 5.98. The van der Waals surface area contributed by atoms with E-state index in [9.17, 15) is 4.79 Å². The molecule has 0 atom stereocenters. The van der Waals surface area contributed by atoms with Gasteiger partial charge in [-0.15, -0.1) is 10.2 Å². The second kappa shape index (κ2) is 9.13. The number of primary amides is 1. The smallest absolute Gasteiger partial charge is 0.252 e. The molecule has 1 aliphatic rings. The molecular weight excluding hydrogens is 394 g/mol. The van der Waals surface area contributed by atoms with Crippen LogP contribution in [0.25, 0.3) is 0 Å². The fraction of sp³-hybridized carbons (Fsp3) is 0.286. The zero-order valence-electron chi connectivity index (χ0n) is 16.8. The lowest BCUT2D eigenvalue weighted by molar-refractivity contribution is 0.100. The first-order valence-corrected chi connectivity index (χ1v) is 9.91. The zero-order chi connectivity index (χ0) is 21.6. The third-order valence-corrected chi connectivity index (χ3v) is 5.15. The van der Waals surface area contributed by atoms with Crippen LogP contribution < -0.4 is 16.0 Å². The molecule has 1 saturated heterocycles. The van der Waals surface area contributed by atoms with Crippen molar-refractivity contribution in [1.82, 2.24) is 25.1 Å². The molecular formula is C21H21N9O. The van der Waals surface area contributed by atoms with E-state index in [1.807, 2.05) is 18.2 Å². The minimum atomic E-state index is -0.522. The molecule has 1 amide bonds. The summed E-state index contributed by atoms with van der Waals surface area (Å²) in [4.78, 5) is 26.7. The number of rotatable bonds is 6. The van der Waals surface area contributed by atoms with E-state index in [1.54, 1.807) is 24.7 Å². The highest BCUT2D eigenvalue weighted by atomic mass is 16.1. The van der Waals surface area contributed by atoms with Crippen LogP contribution in [-0.4, -0.2) is 50.2 Å². The highest BCUT2D eigenvalue weighted by Crippen LogP contribution is 2.23. The second-order valence-corrected chi connectivity index (χ2v) is 7.25. The van der Waals surface area contributed by atoms with Crippen molar-refractivity contribution in [1.29, 1.82) is 5.26 Å². The van der Waals surface area contributed by atoms with E-state index >= 15 is 0 Å². The van der Waals surface area contributed by atoms with Crippen molar-refractivity contribution in [2.24, 2.45) is 5.73 Å². The van der Waals surface area contributed by atoms with E-state index in [4.69, 9.17) is 11.0 Å². The molecule has 0 bridgehead atoms. The van der Waals surface area contributed by atoms with Gasteiger partial charge < -0.3 is 16.0 Å². The van der Waals surface area contributed by atoms with E-state index in [0.717, 1.165) is 43.1 Å². The van der Waals surface area contributed by atoms with Crippen LogP contribution in [0.3, 0.4) is 0 Å². The summed E-state index contributed by atoms with van der Waals surface area (Å²) in [6, 6.07) is 7.48. The average molecular weight is 415 g/mol. The molecule has 4 rings (SSSR count). The maximum absolute atomic E-state index is 11.9. The normalized spacial score (nSPS) is 14.1. The van der Waals surface area contributed by atoms with Crippen LogP contribution in [-0.2, 0) is 6.42 Å². The first-order valence-electron chi connectivity index (χ1n) is 9.91. The van der Waals surface area contributed by atoms with Crippen molar-refractivity contribution < 1.29 is 4.79 Å². The Bertz CT molecular complexity index is 1090. The number of piperidine rings is 1. The van der Waals surface area contributed by atoms with E-state index < -0.39 is 5.91 Å². The van der Waals surface area contributed by atoms with Crippen molar-refractivity contribution in [3.8, 4) is 6.07 Å². The zero-order valence-corrected chi connectivity index (χ0v) is 16.8. The van der Waals surface area contributed by atoms with Crippen molar-refractivity contribution in [3.05, 3.63) is 65.6 Å². The summed E-state index contributed by atoms with van der Waals surface area (Å²) in [6.07, 6.45) is 8.67. The maximum atomic E-state index is 11.9. The van der Waals surface area contributed by atoms with Crippen molar-refractivity contribution in [3.63, 3.8) is 0 Å². The molecule has 0 saturated carbocycles. The number of hydrogen-bond donors (Lipinski definition) is 2. The van der Waals surface area contributed by atoms with Crippen molar-refractivity contribution >= 4 is 17.4 Å². The van der Waals surface area contributed by atoms with Gasteiger partial charge in [0.2, 0.25) is 0 Å². The van der Waals surface area contributed by atoms with E-state index in [0.29, 0.717) is 23.4 Å². The van der Waals surface area contributed by atoms with Crippen LogP contribution in [0.1, 0.15) is 40.3 Å². The average Bonchev–Trinajstić information content (AvgIpc) is 2.80. The number of pyridine rings is 1. The van der Waals surface area contributed by atoms with Gasteiger partial charge in [0.25, 0.3) is 5.91 Å². The first-order chi connectivity index (χ1) is 15.1. The Labute approximate surface area is 179 Å². The Hall–Kier alpha value is -4.13.